The molecule has 1 aliphatic heterocycles. The van der Waals surface area contributed by atoms with E-state index < -0.39 is 12.0 Å². The maximum Gasteiger partial charge on any atom is 0.253 e. The predicted molar refractivity (Wildman–Crippen MR) is 93.4 cm³/mol. The van der Waals surface area contributed by atoms with Crippen LogP contribution in [-0.2, 0) is 19.1 Å². The zero-order valence-corrected chi connectivity index (χ0v) is 14.5. The monoisotopic (exact) mass is 350 g/mol. The molecule has 0 bridgehead atoms. The average molecular weight is 350 g/mol. The zero-order valence-electron chi connectivity index (χ0n) is 14.5. The number of hydrogen-bond donors (Lipinski definition) is 2. The molecule has 1 heterocycles. The number of primary amides is 1. The lowest BCUT2D eigenvalue weighted by Gasteiger charge is -2.23. The van der Waals surface area contributed by atoms with Gasteiger partial charge in [0.2, 0.25) is 5.91 Å². The van der Waals surface area contributed by atoms with Crippen LogP contribution >= 0.6 is 0 Å². The first kappa shape index (κ1) is 19.2. The van der Waals surface area contributed by atoms with Crippen molar-refractivity contribution in [2.24, 2.45) is 5.73 Å². The molecule has 1 aromatic rings. The number of carbonyl (C=O) groups is 2. The Morgan fingerprint density at radius 1 is 1.32 bits per heavy atom. The number of carbonyl (C=O) groups excluding carboxylic acids is 2. The molecule has 7 nitrogen and oxygen atoms in total. The van der Waals surface area contributed by atoms with Crippen molar-refractivity contribution in [3.63, 3.8) is 0 Å². The number of anilines is 1. The number of ether oxygens (including phenoxy) is 3. The molecule has 0 saturated carbocycles. The lowest BCUT2D eigenvalue weighted by molar-refractivity contribution is -0.130. The van der Waals surface area contributed by atoms with Crippen molar-refractivity contribution < 1.29 is 23.8 Å². The van der Waals surface area contributed by atoms with Gasteiger partial charge in [0.15, 0.2) is 0 Å². The van der Waals surface area contributed by atoms with E-state index in [9.17, 15) is 9.59 Å². The molecule has 1 saturated heterocycles. The van der Waals surface area contributed by atoms with Crippen molar-refractivity contribution in [2.45, 2.75) is 44.8 Å². The second-order valence-corrected chi connectivity index (χ2v) is 6.04. The van der Waals surface area contributed by atoms with Crippen LogP contribution in [0.2, 0.25) is 0 Å². The van der Waals surface area contributed by atoms with Gasteiger partial charge in [-0.2, -0.15) is 0 Å². The van der Waals surface area contributed by atoms with E-state index in [2.05, 4.69) is 5.32 Å². The van der Waals surface area contributed by atoms with E-state index in [-0.39, 0.29) is 25.0 Å². The van der Waals surface area contributed by atoms with Gasteiger partial charge in [-0.15, -0.1) is 0 Å². The first-order chi connectivity index (χ1) is 12.0. The fourth-order valence-electron chi connectivity index (χ4n) is 2.41. The summed E-state index contributed by atoms with van der Waals surface area (Å²) in [7, 11) is 0. The molecular weight excluding hydrogens is 324 g/mol. The molecule has 2 amide bonds. The number of rotatable bonds is 9. The molecule has 7 heteroatoms. The Kier molecular flexibility index (Phi) is 7.69. The summed E-state index contributed by atoms with van der Waals surface area (Å²) in [5, 5.41) is 2.80. The van der Waals surface area contributed by atoms with Crippen LogP contribution in [0.3, 0.4) is 0 Å². The van der Waals surface area contributed by atoms with Crippen LogP contribution < -0.4 is 15.8 Å². The van der Waals surface area contributed by atoms with Crippen LogP contribution in [0.5, 0.6) is 5.75 Å². The molecule has 1 fully saturated rings. The molecule has 0 radical (unpaired) electrons. The van der Waals surface area contributed by atoms with Crippen LogP contribution in [0.4, 0.5) is 5.69 Å². The number of nitrogens with two attached hydrogens (primary N) is 1. The standard InChI is InChI=1S/C18H26N2O5/c1-13(25-12-16-4-2-3-10-23-16)18(22)20-14-5-7-15(8-6-14)24-11-9-17(19)21/h5-8,13,16H,2-4,9-12H2,1H3,(H2,19,21)(H,20,22). The highest BCUT2D eigenvalue weighted by Crippen LogP contribution is 2.17. The normalized spacial score (nSPS) is 18.4. The molecular formula is C18H26N2O5. The van der Waals surface area contributed by atoms with Crippen LogP contribution in [0, 0.1) is 0 Å². The first-order valence-electron chi connectivity index (χ1n) is 8.60. The summed E-state index contributed by atoms with van der Waals surface area (Å²) in [6.07, 6.45) is 2.90. The van der Waals surface area contributed by atoms with Crippen LogP contribution in [-0.4, -0.2) is 43.8 Å². The Morgan fingerprint density at radius 3 is 2.72 bits per heavy atom. The molecule has 0 spiro atoms. The summed E-state index contributed by atoms with van der Waals surface area (Å²) in [4.78, 5) is 22.8. The smallest absolute Gasteiger partial charge is 0.253 e. The minimum absolute atomic E-state index is 0.0841. The first-order valence-corrected chi connectivity index (χ1v) is 8.60. The highest BCUT2D eigenvalue weighted by Gasteiger charge is 2.19. The highest BCUT2D eigenvalue weighted by molar-refractivity contribution is 5.93. The van der Waals surface area contributed by atoms with E-state index in [4.69, 9.17) is 19.9 Å². The van der Waals surface area contributed by atoms with Crippen molar-refractivity contribution >= 4 is 17.5 Å². The van der Waals surface area contributed by atoms with Crippen molar-refractivity contribution in [3.8, 4) is 5.75 Å². The zero-order chi connectivity index (χ0) is 18.1. The Hall–Kier alpha value is -2.12. The largest absolute Gasteiger partial charge is 0.493 e. The summed E-state index contributed by atoms with van der Waals surface area (Å²) in [6.45, 7) is 3.15. The Morgan fingerprint density at radius 2 is 2.08 bits per heavy atom. The fourth-order valence-corrected chi connectivity index (χ4v) is 2.41. The fraction of sp³-hybridized carbons (Fsp3) is 0.556. The molecule has 3 N–H and O–H groups in total. The van der Waals surface area contributed by atoms with Gasteiger partial charge in [0.05, 0.1) is 25.7 Å². The van der Waals surface area contributed by atoms with E-state index in [1.165, 1.54) is 0 Å². The molecule has 2 rings (SSSR count). The predicted octanol–water partition coefficient (Wildman–Crippen LogP) is 1.85. The molecule has 2 unspecified atom stereocenters. The second kappa shape index (κ2) is 10.0. The van der Waals surface area contributed by atoms with Crippen LogP contribution in [0.1, 0.15) is 32.6 Å². The highest BCUT2D eigenvalue weighted by atomic mass is 16.5. The maximum atomic E-state index is 12.2. The third kappa shape index (κ3) is 7.11. The summed E-state index contributed by atoms with van der Waals surface area (Å²) in [5.74, 6) is -0.00676. The lowest BCUT2D eigenvalue weighted by atomic mass is 10.1. The molecule has 138 valence electrons. The van der Waals surface area contributed by atoms with Gasteiger partial charge in [-0.25, -0.2) is 0 Å². The number of hydrogen-bond acceptors (Lipinski definition) is 5. The van der Waals surface area contributed by atoms with E-state index in [1.807, 2.05) is 0 Å². The Bertz CT molecular complexity index is 555. The molecule has 0 aromatic heterocycles. The molecule has 1 aliphatic rings. The van der Waals surface area contributed by atoms with Crippen LogP contribution in [0.25, 0.3) is 0 Å². The Labute approximate surface area is 147 Å². The van der Waals surface area contributed by atoms with Crippen LogP contribution in [0.15, 0.2) is 24.3 Å². The van der Waals surface area contributed by atoms with Gasteiger partial charge in [-0.1, -0.05) is 0 Å². The van der Waals surface area contributed by atoms with Gasteiger partial charge >= 0.3 is 0 Å². The minimum atomic E-state index is -0.558. The van der Waals surface area contributed by atoms with Gasteiger partial charge in [0.1, 0.15) is 11.9 Å². The maximum absolute atomic E-state index is 12.2. The number of nitrogens with one attached hydrogen (secondary N) is 1. The van der Waals surface area contributed by atoms with Crippen molar-refractivity contribution in [3.05, 3.63) is 24.3 Å². The summed E-state index contributed by atoms with van der Waals surface area (Å²) >= 11 is 0. The van der Waals surface area contributed by atoms with Crippen molar-refractivity contribution in [1.82, 2.24) is 0 Å². The quantitative estimate of drug-likeness (QED) is 0.708. The van der Waals surface area contributed by atoms with Gasteiger partial charge in [-0.3, -0.25) is 9.59 Å². The van der Waals surface area contributed by atoms with Gasteiger partial charge in [0.25, 0.3) is 5.91 Å². The Balaban J connectivity index is 1.72. The minimum Gasteiger partial charge on any atom is -0.493 e. The van der Waals surface area contributed by atoms with Gasteiger partial charge in [-0.05, 0) is 50.5 Å². The summed E-state index contributed by atoms with van der Waals surface area (Å²) in [6, 6.07) is 6.90. The van der Waals surface area contributed by atoms with Gasteiger partial charge in [0, 0.05) is 12.3 Å². The summed E-state index contributed by atoms with van der Waals surface area (Å²) < 4.78 is 16.6. The topological polar surface area (TPSA) is 99.9 Å². The third-order valence-electron chi connectivity index (χ3n) is 3.91. The summed E-state index contributed by atoms with van der Waals surface area (Å²) in [5.41, 5.74) is 5.70. The lowest BCUT2D eigenvalue weighted by Crippen LogP contribution is -2.32. The average Bonchev–Trinajstić information content (AvgIpc) is 2.61. The van der Waals surface area contributed by atoms with E-state index in [0.29, 0.717) is 18.0 Å². The third-order valence-corrected chi connectivity index (χ3v) is 3.91. The SMILES string of the molecule is CC(OCC1CCCCO1)C(=O)Nc1ccc(OCCC(N)=O)cc1. The molecule has 25 heavy (non-hydrogen) atoms. The van der Waals surface area contributed by atoms with E-state index in [1.54, 1.807) is 31.2 Å². The van der Waals surface area contributed by atoms with E-state index in [0.717, 1.165) is 25.9 Å². The molecule has 1 aromatic carbocycles. The van der Waals surface area contributed by atoms with Crippen molar-refractivity contribution in [1.29, 1.82) is 0 Å². The van der Waals surface area contributed by atoms with E-state index >= 15 is 0 Å². The molecule has 2 atom stereocenters. The van der Waals surface area contributed by atoms with Crippen molar-refractivity contribution in [2.75, 3.05) is 25.1 Å². The second-order valence-electron chi connectivity index (χ2n) is 6.04. The number of amides is 2. The van der Waals surface area contributed by atoms with Gasteiger partial charge < -0.3 is 25.3 Å². The number of benzene rings is 1. The molecule has 0 aliphatic carbocycles.